The highest BCUT2D eigenvalue weighted by Gasteiger charge is 2.23. The van der Waals surface area contributed by atoms with Crippen molar-refractivity contribution in [3.8, 4) is 39.5 Å². The molecule has 0 aromatic heterocycles. The number of carbonyl (C=O) groups excluding carboxylic acids is 1. The second kappa shape index (κ2) is 14.4. The Hall–Kier alpha value is -4.43. The molecule has 4 aromatic rings. The van der Waals surface area contributed by atoms with Gasteiger partial charge in [0.15, 0.2) is 0 Å². The fraction of sp³-hybridized carbons (Fsp3) is 0.306. The number of hydrogen-bond acceptors (Lipinski definition) is 5. The fourth-order valence-corrected chi connectivity index (χ4v) is 5.59. The Morgan fingerprint density at radius 2 is 1.36 bits per heavy atom. The Labute approximate surface area is 257 Å². The first-order chi connectivity index (χ1) is 21.4. The van der Waals surface area contributed by atoms with Gasteiger partial charge in [0.05, 0.1) is 25.9 Å². The second-order valence-electron chi connectivity index (χ2n) is 10.8. The van der Waals surface area contributed by atoms with Crippen LogP contribution < -0.4 is 19.5 Å². The smallest absolute Gasteiger partial charge is 0.251 e. The van der Waals surface area contributed by atoms with Gasteiger partial charge in [0.2, 0.25) is 0 Å². The van der Waals surface area contributed by atoms with Gasteiger partial charge in [-0.2, -0.15) is 0 Å². The number of hydrogen-bond donors (Lipinski definition) is 1. The van der Waals surface area contributed by atoms with Gasteiger partial charge >= 0.3 is 0 Å². The third kappa shape index (κ3) is 7.55. The number of amides is 1. The Bertz CT molecular complexity index is 1540. The van der Waals surface area contributed by atoms with E-state index in [0.29, 0.717) is 42.6 Å². The quantitative estimate of drug-likeness (QED) is 0.193. The molecule has 6 nitrogen and oxygen atoms in total. The Morgan fingerprint density at radius 3 is 1.91 bits per heavy atom. The molecule has 0 saturated carbocycles. The SMILES string of the molecule is CCOc1cc(CN2CCC(NC(=O)c3cc(OC)cc(-c4ccc(F)cc4)c3)CC2)cc(OCC)c1-c1ccc(F)cc1. The summed E-state index contributed by atoms with van der Waals surface area (Å²) in [5.74, 6) is 1.22. The third-order valence-corrected chi connectivity index (χ3v) is 7.77. The van der Waals surface area contributed by atoms with Crippen molar-refractivity contribution in [2.75, 3.05) is 33.4 Å². The molecule has 1 N–H and O–H groups in total. The van der Waals surface area contributed by atoms with Crippen LogP contribution in [0.25, 0.3) is 22.3 Å². The van der Waals surface area contributed by atoms with E-state index in [4.69, 9.17) is 14.2 Å². The molecule has 0 radical (unpaired) electrons. The van der Waals surface area contributed by atoms with Gasteiger partial charge in [0.25, 0.3) is 5.91 Å². The van der Waals surface area contributed by atoms with E-state index in [2.05, 4.69) is 10.2 Å². The number of ether oxygens (including phenoxy) is 3. The summed E-state index contributed by atoms with van der Waals surface area (Å²) >= 11 is 0. The zero-order valence-electron chi connectivity index (χ0n) is 25.4. The van der Waals surface area contributed by atoms with Crippen LogP contribution in [0.15, 0.2) is 78.9 Å². The van der Waals surface area contributed by atoms with Gasteiger partial charge in [-0.15, -0.1) is 0 Å². The molecule has 5 rings (SSSR count). The minimum atomic E-state index is -0.313. The number of methoxy groups -OCH3 is 1. The van der Waals surface area contributed by atoms with E-state index in [1.54, 1.807) is 37.4 Å². The van der Waals surface area contributed by atoms with Crippen molar-refractivity contribution in [2.45, 2.75) is 39.3 Å². The molecule has 44 heavy (non-hydrogen) atoms. The Balaban J connectivity index is 1.25. The van der Waals surface area contributed by atoms with Crippen molar-refractivity contribution < 1.29 is 27.8 Å². The largest absolute Gasteiger partial charge is 0.497 e. The molecule has 8 heteroatoms. The van der Waals surface area contributed by atoms with Gasteiger partial charge < -0.3 is 19.5 Å². The van der Waals surface area contributed by atoms with Crippen LogP contribution in [0.5, 0.6) is 17.2 Å². The van der Waals surface area contributed by atoms with Gasteiger partial charge in [-0.25, -0.2) is 8.78 Å². The van der Waals surface area contributed by atoms with Crippen LogP contribution in [0.1, 0.15) is 42.6 Å². The molecule has 230 valence electrons. The lowest BCUT2D eigenvalue weighted by atomic mass is 9.99. The van der Waals surface area contributed by atoms with E-state index in [0.717, 1.165) is 53.7 Å². The highest BCUT2D eigenvalue weighted by atomic mass is 19.1. The Morgan fingerprint density at radius 1 is 0.795 bits per heavy atom. The zero-order valence-corrected chi connectivity index (χ0v) is 25.4. The number of nitrogens with one attached hydrogen (secondary N) is 1. The lowest BCUT2D eigenvalue weighted by Crippen LogP contribution is -2.44. The second-order valence-corrected chi connectivity index (χ2v) is 10.8. The molecule has 0 atom stereocenters. The molecule has 1 fully saturated rings. The minimum absolute atomic E-state index is 0.0399. The van der Waals surface area contributed by atoms with E-state index in [9.17, 15) is 13.6 Å². The zero-order chi connectivity index (χ0) is 31.1. The maximum absolute atomic E-state index is 13.6. The predicted molar refractivity (Wildman–Crippen MR) is 168 cm³/mol. The topological polar surface area (TPSA) is 60.0 Å². The number of halogens is 2. The molecule has 0 bridgehead atoms. The van der Waals surface area contributed by atoms with Gasteiger partial charge in [0.1, 0.15) is 28.9 Å². The highest BCUT2D eigenvalue weighted by Crippen LogP contribution is 2.40. The molecule has 0 spiro atoms. The lowest BCUT2D eigenvalue weighted by Gasteiger charge is -2.32. The van der Waals surface area contributed by atoms with Crippen molar-refractivity contribution >= 4 is 5.91 Å². The van der Waals surface area contributed by atoms with Gasteiger partial charge in [-0.1, -0.05) is 24.3 Å². The minimum Gasteiger partial charge on any atom is -0.497 e. The molecular formula is C36H38F2N2O4. The average molecular weight is 601 g/mol. The molecule has 1 aliphatic rings. The van der Waals surface area contributed by atoms with Crippen LogP contribution in [-0.2, 0) is 6.54 Å². The van der Waals surface area contributed by atoms with Crippen molar-refractivity contribution in [1.82, 2.24) is 10.2 Å². The summed E-state index contributed by atoms with van der Waals surface area (Å²) in [4.78, 5) is 15.6. The Kier molecular flexibility index (Phi) is 10.1. The number of carbonyl (C=O) groups is 1. The molecule has 1 saturated heterocycles. The first kappa shape index (κ1) is 31.0. The van der Waals surface area contributed by atoms with Crippen LogP contribution in [0, 0.1) is 11.6 Å². The number of likely N-dealkylation sites (tertiary alicyclic amines) is 1. The van der Waals surface area contributed by atoms with Crippen LogP contribution in [0.3, 0.4) is 0 Å². The van der Waals surface area contributed by atoms with E-state index in [1.165, 1.54) is 24.3 Å². The van der Waals surface area contributed by atoms with Crippen molar-refractivity contribution in [3.63, 3.8) is 0 Å². The third-order valence-electron chi connectivity index (χ3n) is 7.77. The maximum Gasteiger partial charge on any atom is 0.251 e. The molecule has 0 aliphatic carbocycles. The van der Waals surface area contributed by atoms with Gasteiger partial charge in [-0.3, -0.25) is 9.69 Å². The van der Waals surface area contributed by atoms with Gasteiger partial charge in [0, 0.05) is 31.2 Å². The molecule has 1 amide bonds. The summed E-state index contributed by atoms with van der Waals surface area (Å²) < 4.78 is 44.6. The van der Waals surface area contributed by atoms with E-state index < -0.39 is 0 Å². The van der Waals surface area contributed by atoms with Crippen LogP contribution in [0.2, 0.25) is 0 Å². The molecule has 1 heterocycles. The highest BCUT2D eigenvalue weighted by molar-refractivity contribution is 5.96. The predicted octanol–water partition coefficient (Wildman–Crippen LogP) is 7.50. The fourth-order valence-electron chi connectivity index (χ4n) is 5.59. The number of rotatable bonds is 11. The molecule has 1 aliphatic heterocycles. The summed E-state index contributed by atoms with van der Waals surface area (Å²) in [6.45, 7) is 7.21. The normalized spacial score (nSPS) is 13.8. The monoisotopic (exact) mass is 600 g/mol. The number of piperidine rings is 1. The summed E-state index contributed by atoms with van der Waals surface area (Å²) in [7, 11) is 1.56. The van der Waals surface area contributed by atoms with Crippen LogP contribution in [0.4, 0.5) is 8.78 Å². The van der Waals surface area contributed by atoms with Crippen molar-refractivity contribution in [3.05, 3.63) is 102 Å². The summed E-state index contributed by atoms with van der Waals surface area (Å²) in [5.41, 5.74) is 4.81. The van der Waals surface area contributed by atoms with E-state index in [-0.39, 0.29) is 23.6 Å². The summed E-state index contributed by atoms with van der Waals surface area (Å²) in [5, 5.41) is 3.19. The molecule has 4 aromatic carbocycles. The lowest BCUT2D eigenvalue weighted by molar-refractivity contribution is 0.0908. The van der Waals surface area contributed by atoms with Gasteiger partial charge in [-0.05, 0) is 104 Å². The van der Waals surface area contributed by atoms with E-state index >= 15 is 0 Å². The van der Waals surface area contributed by atoms with Crippen molar-refractivity contribution in [2.24, 2.45) is 0 Å². The summed E-state index contributed by atoms with van der Waals surface area (Å²) in [6.07, 6.45) is 1.62. The molecule has 0 unspecified atom stereocenters. The molecular weight excluding hydrogens is 562 g/mol. The van der Waals surface area contributed by atoms with Crippen molar-refractivity contribution in [1.29, 1.82) is 0 Å². The standard InChI is InChI=1S/C36H38F2N2O4/c1-4-43-33-18-24(19-34(44-5-2)35(33)26-8-12-30(38)13-9-26)23-40-16-14-31(15-17-40)39-36(41)28-20-27(21-32(22-28)42-3)25-6-10-29(37)11-7-25/h6-13,18-22,31H,4-5,14-17,23H2,1-3H3,(H,39,41). The van der Waals surface area contributed by atoms with Crippen LogP contribution in [-0.4, -0.2) is 50.3 Å². The van der Waals surface area contributed by atoms with Crippen LogP contribution >= 0.6 is 0 Å². The average Bonchev–Trinajstić information content (AvgIpc) is 3.03. The number of benzene rings is 4. The first-order valence-corrected chi connectivity index (χ1v) is 15.0. The first-order valence-electron chi connectivity index (χ1n) is 15.0. The number of nitrogens with zero attached hydrogens (tertiary/aromatic N) is 1. The van der Waals surface area contributed by atoms with E-state index in [1.807, 2.05) is 38.1 Å². The maximum atomic E-state index is 13.6. The summed E-state index contributed by atoms with van der Waals surface area (Å²) in [6, 6.07) is 22.0.